The van der Waals surface area contributed by atoms with Gasteiger partial charge in [0, 0.05) is 5.56 Å². The minimum absolute atomic E-state index is 0.160. The van der Waals surface area contributed by atoms with Crippen LogP contribution in [0.3, 0.4) is 0 Å². The summed E-state index contributed by atoms with van der Waals surface area (Å²) in [4.78, 5) is 15.9. The molecule has 0 unspecified atom stereocenters. The van der Waals surface area contributed by atoms with E-state index in [4.69, 9.17) is 14.9 Å². The van der Waals surface area contributed by atoms with Crippen LogP contribution < -0.4 is 15.8 Å². The van der Waals surface area contributed by atoms with Crippen LogP contribution in [0, 0.1) is 6.92 Å². The van der Waals surface area contributed by atoms with Crippen molar-refractivity contribution < 1.29 is 13.9 Å². The predicted octanol–water partition coefficient (Wildman–Crippen LogP) is 1.83. The molecule has 1 aromatic heterocycles. The molecule has 1 aromatic carbocycles. The highest BCUT2D eigenvalue weighted by molar-refractivity contribution is 6.03. The van der Waals surface area contributed by atoms with Crippen molar-refractivity contribution in [1.29, 1.82) is 0 Å². The highest BCUT2D eigenvalue weighted by Crippen LogP contribution is 2.22. The molecule has 1 amide bonds. The van der Waals surface area contributed by atoms with E-state index in [1.165, 1.54) is 13.4 Å². The van der Waals surface area contributed by atoms with Gasteiger partial charge in [-0.1, -0.05) is 0 Å². The number of methoxy groups -OCH3 is 1. The molecule has 0 aliphatic carbocycles. The smallest absolute Gasteiger partial charge is 0.301 e. The van der Waals surface area contributed by atoms with E-state index in [2.05, 4.69) is 10.3 Å². The second-order valence-electron chi connectivity index (χ2n) is 3.70. The third kappa shape index (κ3) is 2.42. The Morgan fingerprint density at radius 3 is 2.89 bits per heavy atom. The van der Waals surface area contributed by atoms with Crippen LogP contribution in [0.1, 0.15) is 16.1 Å². The Bertz CT molecular complexity index is 578. The summed E-state index contributed by atoms with van der Waals surface area (Å²) < 4.78 is 10.1. The van der Waals surface area contributed by atoms with Crippen LogP contribution in [0.2, 0.25) is 0 Å². The maximum Gasteiger partial charge on any atom is 0.301 e. The molecule has 2 aromatic rings. The van der Waals surface area contributed by atoms with Crippen molar-refractivity contribution in [3.8, 4) is 5.75 Å². The van der Waals surface area contributed by atoms with Crippen molar-refractivity contribution in [3.05, 3.63) is 35.7 Å². The van der Waals surface area contributed by atoms with E-state index >= 15 is 0 Å². The lowest BCUT2D eigenvalue weighted by Gasteiger charge is -2.06. The number of benzene rings is 1. The number of ether oxygens (including phenoxy) is 1. The van der Waals surface area contributed by atoms with Gasteiger partial charge in [0.25, 0.3) is 5.91 Å². The number of nitrogen functional groups attached to an aromatic ring is 1. The highest BCUT2D eigenvalue weighted by Gasteiger charge is 2.11. The standard InChI is InChI=1S/C12H13N3O3/c1-7-6-18-12(14-7)15-11(16)8-3-4-9(13)10(5-8)17-2/h3-6H,13H2,1-2H3,(H,14,15,16). The van der Waals surface area contributed by atoms with Gasteiger partial charge in [0.15, 0.2) is 0 Å². The lowest BCUT2D eigenvalue weighted by Crippen LogP contribution is -2.12. The van der Waals surface area contributed by atoms with Crippen molar-refractivity contribution >= 4 is 17.6 Å². The first kappa shape index (κ1) is 12.0. The van der Waals surface area contributed by atoms with E-state index in [0.717, 1.165) is 0 Å². The summed E-state index contributed by atoms with van der Waals surface area (Å²) in [6.07, 6.45) is 1.46. The zero-order chi connectivity index (χ0) is 13.1. The summed E-state index contributed by atoms with van der Waals surface area (Å²) in [6, 6.07) is 4.92. The normalized spacial score (nSPS) is 10.1. The molecule has 94 valence electrons. The maximum absolute atomic E-state index is 11.9. The maximum atomic E-state index is 11.9. The first-order valence-corrected chi connectivity index (χ1v) is 5.27. The first-order chi connectivity index (χ1) is 8.60. The van der Waals surface area contributed by atoms with Gasteiger partial charge in [-0.2, -0.15) is 4.98 Å². The van der Waals surface area contributed by atoms with Gasteiger partial charge >= 0.3 is 6.01 Å². The number of aryl methyl sites for hydroxylation is 1. The highest BCUT2D eigenvalue weighted by atomic mass is 16.5. The molecule has 0 spiro atoms. The van der Waals surface area contributed by atoms with E-state index < -0.39 is 0 Å². The van der Waals surface area contributed by atoms with Crippen molar-refractivity contribution in [2.24, 2.45) is 0 Å². The molecule has 1 heterocycles. The number of amides is 1. The predicted molar refractivity (Wildman–Crippen MR) is 66.6 cm³/mol. The van der Waals surface area contributed by atoms with Crippen molar-refractivity contribution in [1.82, 2.24) is 4.98 Å². The van der Waals surface area contributed by atoms with Gasteiger partial charge in [0.1, 0.15) is 12.0 Å². The lowest BCUT2D eigenvalue weighted by atomic mass is 10.2. The number of nitrogens with one attached hydrogen (secondary N) is 1. The number of carbonyl (C=O) groups is 1. The summed E-state index contributed by atoms with van der Waals surface area (Å²) in [6.45, 7) is 1.77. The minimum Gasteiger partial charge on any atom is -0.495 e. The fourth-order valence-corrected chi connectivity index (χ4v) is 1.43. The number of hydrogen-bond acceptors (Lipinski definition) is 5. The van der Waals surface area contributed by atoms with Crippen molar-refractivity contribution in [3.63, 3.8) is 0 Å². The quantitative estimate of drug-likeness (QED) is 0.807. The third-order valence-electron chi connectivity index (χ3n) is 2.34. The van der Waals surface area contributed by atoms with Gasteiger partial charge in [0.2, 0.25) is 0 Å². The summed E-state index contributed by atoms with van der Waals surface area (Å²) in [5.74, 6) is 0.112. The Hall–Kier alpha value is -2.50. The molecule has 0 radical (unpaired) electrons. The number of nitrogens with zero attached hydrogens (tertiary/aromatic N) is 1. The summed E-state index contributed by atoms with van der Waals surface area (Å²) in [5.41, 5.74) is 7.25. The Morgan fingerprint density at radius 2 is 2.28 bits per heavy atom. The molecule has 18 heavy (non-hydrogen) atoms. The number of hydrogen-bond donors (Lipinski definition) is 2. The molecule has 0 saturated carbocycles. The lowest BCUT2D eigenvalue weighted by molar-refractivity contribution is 0.102. The second kappa shape index (κ2) is 4.79. The fraction of sp³-hybridized carbons (Fsp3) is 0.167. The Kier molecular flexibility index (Phi) is 3.18. The SMILES string of the molecule is COc1cc(C(=O)Nc2nc(C)co2)ccc1N. The largest absolute Gasteiger partial charge is 0.495 e. The Morgan fingerprint density at radius 1 is 1.50 bits per heavy atom. The molecule has 0 atom stereocenters. The molecule has 6 nitrogen and oxygen atoms in total. The number of oxazole rings is 1. The van der Waals surface area contributed by atoms with Crippen molar-refractivity contribution in [2.75, 3.05) is 18.2 Å². The molecule has 6 heteroatoms. The van der Waals surface area contributed by atoms with E-state index in [0.29, 0.717) is 22.7 Å². The van der Waals surface area contributed by atoms with Crippen LogP contribution in [0.5, 0.6) is 5.75 Å². The zero-order valence-electron chi connectivity index (χ0n) is 10.1. The van der Waals surface area contributed by atoms with Crippen LogP contribution in [0.25, 0.3) is 0 Å². The number of rotatable bonds is 3. The van der Waals surface area contributed by atoms with Gasteiger partial charge in [-0.25, -0.2) is 0 Å². The van der Waals surface area contributed by atoms with E-state index in [1.807, 2.05) is 0 Å². The Labute approximate surface area is 104 Å². The molecular weight excluding hydrogens is 234 g/mol. The van der Waals surface area contributed by atoms with Crippen LogP contribution in [0.4, 0.5) is 11.7 Å². The second-order valence-corrected chi connectivity index (χ2v) is 3.70. The van der Waals surface area contributed by atoms with Gasteiger partial charge in [0.05, 0.1) is 18.5 Å². The molecule has 0 aliphatic rings. The van der Waals surface area contributed by atoms with E-state index in [9.17, 15) is 4.79 Å². The van der Waals surface area contributed by atoms with E-state index in [-0.39, 0.29) is 11.9 Å². The first-order valence-electron chi connectivity index (χ1n) is 5.27. The van der Waals surface area contributed by atoms with Crippen LogP contribution >= 0.6 is 0 Å². The average molecular weight is 247 g/mol. The molecule has 0 fully saturated rings. The molecule has 0 saturated heterocycles. The van der Waals surface area contributed by atoms with Crippen molar-refractivity contribution in [2.45, 2.75) is 6.92 Å². The summed E-state index contributed by atoms with van der Waals surface area (Å²) in [7, 11) is 1.49. The molecule has 2 rings (SSSR count). The van der Waals surface area contributed by atoms with Gasteiger partial charge < -0.3 is 14.9 Å². The topological polar surface area (TPSA) is 90.4 Å². The molecule has 0 bridgehead atoms. The number of aromatic nitrogens is 1. The average Bonchev–Trinajstić information content (AvgIpc) is 2.75. The molecule has 3 N–H and O–H groups in total. The summed E-state index contributed by atoms with van der Waals surface area (Å²) >= 11 is 0. The number of carbonyl (C=O) groups excluding carboxylic acids is 1. The third-order valence-corrected chi connectivity index (χ3v) is 2.34. The van der Waals surface area contributed by atoms with Crippen LogP contribution in [0.15, 0.2) is 28.9 Å². The summed E-state index contributed by atoms with van der Waals surface area (Å²) in [5, 5.41) is 2.54. The zero-order valence-corrected chi connectivity index (χ0v) is 10.1. The Balaban J connectivity index is 2.18. The van der Waals surface area contributed by atoms with Gasteiger partial charge in [-0.15, -0.1) is 0 Å². The van der Waals surface area contributed by atoms with Gasteiger partial charge in [-0.3, -0.25) is 10.1 Å². The minimum atomic E-state index is -0.338. The number of nitrogens with two attached hydrogens (primary N) is 1. The monoisotopic (exact) mass is 247 g/mol. The fourth-order valence-electron chi connectivity index (χ4n) is 1.43. The van der Waals surface area contributed by atoms with Crippen LogP contribution in [-0.2, 0) is 0 Å². The van der Waals surface area contributed by atoms with Crippen LogP contribution in [-0.4, -0.2) is 18.0 Å². The molecular formula is C12H13N3O3. The number of anilines is 2. The van der Waals surface area contributed by atoms with E-state index in [1.54, 1.807) is 25.1 Å². The van der Waals surface area contributed by atoms with Gasteiger partial charge in [-0.05, 0) is 25.1 Å². The molecule has 0 aliphatic heterocycles.